The van der Waals surface area contributed by atoms with Gasteiger partial charge >= 0.3 is 5.97 Å². The second kappa shape index (κ2) is 12.2. The molecule has 1 heterocycles. The van der Waals surface area contributed by atoms with Crippen molar-refractivity contribution >= 4 is 63.5 Å². The van der Waals surface area contributed by atoms with Gasteiger partial charge in [-0.1, -0.05) is 54.7 Å². The average Bonchev–Trinajstić information content (AvgIpc) is 3.11. The number of unbranched alkanes of at least 4 members (excludes halogenated alkanes) is 2. The quantitative estimate of drug-likeness (QED) is 0.120. The van der Waals surface area contributed by atoms with Crippen molar-refractivity contribution in [3.63, 3.8) is 0 Å². The number of para-hydroxylation sites is 2. The van der Waals surface area contributed by atoms with Crippen molar-refractivity contribution in [2.45, 2.75) is 25.7 Å². The van der Waals surface area contributed by atoms with Crippen LogP contribution in [0.1, 0.15) is 41.6 Å². The third-order valence-corrected chi connectivity index (χ3v) is 6.54. The topological polar surface area (TPSA) is 119 Å². The maximum absolute atomic E-state index is 12.8. The van der Waals surface area contributed by atoms with Gasteiger partial charge in [-0.2, -0.15) is 0 Å². The van der Waals surface area contributed by atoms with E-state index in [1.807, 2.05) is 0 Å². The van der Waals surface area contributed by atoms with Gasteiger partial charge in [0.05, 0.1) is 22.5 Å². The van der Waals surface area contributed by atoms with Crippen molar-refractivity contribution in [1.29, 1.82) is 0 Å². The van der Waals surface area contributed by atoms with Gasteiger partial charge in [-0.05, 0) is 42.7 Å². The van der Waals surface area contributed by atoms with Crippen LogP contribution >= 0.6 is 24.0 Å². The lowest BCUT2D eigenvalue weighted by atomic mass is 10.1. The minimum atomic E-state index is -0.538. The molecular weight excluding hydrogens is 490 g/mol. The van der Waals surface area contributed by atoms with Gasteiger partial charge in [0.25, 0.3) is 11.6 Å². The van der Waals surface area contributed by atoms with Crippen molar-refractivity contribution in [2.24, 2.45) is 0 Å². The molecule has 1 aliphatic rings. The van der Waals surface area contributed by atoms with Crippen LogP contribution in [-0.4, -0.2) is 45.6 Å². The number of benzene rings is 2. The molecule has 3 rings (SSSR count). The zero-order valence-corrected chi connectivity index (χ0v) is 20.5. The molecule has 1 aliphatic heterocycles. The molecule has 1 N–H and O–H groups in total. The molecule has 1 saturated heterocycles. The molecule has 0 bridgehead atoms. The number of anilines is 1. The third kappa shape index (κ3) is 6.96. The van der Waals surface area contributed by atoms with E-state index < -0.39 is 10.9 Å². The Hall–Kier alpha value is -3.57. The minimum absolute atomic E-state index is 0.150. The Morgan fingerprint density at radius 1 is 1.14 bits per heavy atom. The molecule has 0 spiro atoms. The minimum Gasteiger partial charge on any atom is -0.465 e. The number of rotatable bonds is 10. The van der Waals surface area contributed by atoms with E-state index >= 15 is 0 Å². The number of carbonyl (C=O) groups is 3. The standard InChI is InChI=1S/C24H23N3O6S2/c1-33-23(30)17-12-10-16(11-13-17)15-20-22(29)26(24(34)35-20)14-6-2-3-9-21(28)25-18-7-4-5-8-19(18)27(31)32/h4-5,7-8,10-13,15H,2-3,6,9,14H2,1H3,(H,25,28)/b20-15-. The zero-order valence-electron chi connectivity index (χ0n) is 18.9. The van der Waals surface area contributed by atoms with Crippen LogP contribution in [0.4, 0.5) is 11.4 Å². The highest BCUT2D eigenvalue weighted by atomic mass is 32.2. The van der Waals surface area contributed by atoms with E-state index in [1.165, 1.54) is 37.1 Å². The molecule has 182 valence electrons. The predicted octanol–water partition coefficient (Wildman–Crippen LogP) is 4.78. The molecule has 0 saturated carbocycles. The number of methoxy groups -OCH3 is 1. The second-order valence-electron chi connectivity index (χ2n) is 7.58. The van der Waals surface area contributed by atoms with Gasteiger partial charge in [0.2, 0.25) is 5.91 Å². The Morgan fingerprint density at radius 2 is 1.86 bits per heavy atom. The highest BCUT2D eigenvalue weighted by molar-refractivity contribution is 8.26. The van der Waals surface area contributed by atoms with Crippen LogP contribution in [0, 0.1) is 10.1 Å². The fourth-order valence-electron chi connectivity index (χ4n) is 3.36. The fourth-order valence-corrected chi connectivity index (χ4v) is 4.67. The van der Waals surface area contributed by atoms with E-state index in [0.717, 1.165) is 5.56 Å². The molecule has 0 atom stereocenters. The summed E-state index contributed by atoms with van der Waals surface area (Å²) in [5.74, 6) is -0.904. The number of hydrogen-bond acceptors (Lipinski definition) is 8. The molecule has 1 fully saturated rings. The maximum Gasteiger partial charge on any atom is 0.337 e. The highest BCUT2D eigenvalue weighted by Crippen LogP contribution is 2.33. The number of nitrogens with zero attached hydrogens (tertiary/aromatic N) is 2. The van der Waals surface area contributed by atoms with Crippen LogP contribution < -0.4 is 5.32 Å². The van der Waals surface area contributed by atoms with Gasteiger partial charge in [-0.15, -0.1) is 0 Å². The van der Waals surface area contributed by atoms with E-state index in [0.29, 0.717) is 40.6 Å². The van der Waals surface area contributed by atoms with E-state index in [2.05, 4.69) is 10.1 Å². The van der Waals surface area contributed by atoms with Gasteiger partial charge in [0.15, 0.2) is 0 Å². The molecule has 9 nitrogen and oxygen atoms in total. The summed E-state index contributed by atoms with van der Waals surface area (Å²) in [5, 5.41) is 13.6. The number of thioether (sulfide) groups is 1. The van der Waals surface area contributed by atoms with Crippen LogP contribution in [0.25, 0.3) is 6.08 Å². The molecular formula is C24H23N3O6S2. The first-order valence-electron chi connectivity index (χ1n) is 10.8. The van der Waals surface area contributed by atoms with Crippen molar-refractivity contribution in [1.82, 2.24) is 4.90 Å². The molecule has 0 unspecified atom stereocenters. The van der Waals surface area contributed by atoms with Crippen molar-refractivity contribution in [3.8, 4) is 0 Å². The molecule has 0 aromatic heterocycles. The maximum atomic E-state index is 12.8. The van der Waals surface area contributed by atoms with Gasteiger partial charge < -0.3 is 10.1 Å². The summed E-state index contributed by atoms with van der Waals surface area (Å²) in [5.41, 5.74) is 1.21. The summed E-state index contributed by atoms with van der Waals surface area (Å²) >= 11 is 6.58. The summed E-state index contributed by atoms with van der Waals surface area (Å²) in [7, 11) is 1.31. The van der Waals surface area contributed by atoms with Gasteiger partial charge in [-0.3, -0.25) is 24.6 Å². The van der Waals surface area contributed by atoms with E-state index in [1.54, 1.807) is 41.3 Å². The van der Waals surface area contributed by atoms with Crippen molar-refractivity contribution in [3.05, 3.63) is 74.7 Å². The normalized spacial score (nSPS) is 14.3. The summed E-state index contributed by atoms with van der Waals surface area (Å²) < 4.78 is 5.15. The third-order valence-electron chi connectivity index (χ3n) is 5.16. The smallest absolute Gasteiger partial charge is 0.337 e. The Kier molecular flexibility index (Phi) is 9.10. The second-order valence-corrected chi connectivity index (χ2v) is 9.26. The average molecular weight is 514 g/mol. The Labute approximate surface area is 211 Å². The first-order chi connectivity index (χ1) is 16.8. The molecule has 2 aromatic carbocycles. The monoisotopic (exact) mass is 513 g/mol. The molecule has 0 radical (unpaired) electrons. The zero-order chi connectivity index (χ0) is 25.4. The Bertz CT molecular complexity index is 1180. The summed E-state index contributed by atoms with van der Waals surface area (Å²) in [6, 6.07) is 12.7. The largest absolute Gasteiger partial charge is 0.465 e. The van der Waals surface area contributed by atoms with Crippen LogP contribution in [0.2, 0.25) is 0 Å². The predicted molar refractivity (Wildman–Crippen MR) is 138 cm³/mol. The number of esters is 1. The summed E-state index contributed by atoms with van der Waals surface area (Å²) in [6.45, 7) is 0.440. The number of amides is 2. The highest BCUT2D eigenvalue weighted by Gasteiger charge is 2.31. The van der Waals surface area contributed by atoms with E-state index in [-0.39, 0.29) is 29.6 Å². The number of ether oxygens (including phenoxy) is 1. The lowest BCUT2D eigenvalue weighted by Crippen LogP contribution is -2.29. The molecule has 2 aromatic rings. The van der Waals surface area contributed by atoms with Crippen LogP contribution in [0.5, 0.6) is 0 Å². The van der Waals surface area contributed by atoms with Gasteiger partial charge in [0.1, 0.15) is 10.0 Å². The van der Waals surface area contributed by atoms with Crippen molar-refractivity contribution in [2.75, 3.05) is 19.0 Å². The van der Waals surface area contributed by atoms with E-state index in [4.69, 9.17) is 12.2 Å². The summed E-state index contributed by atoms with van der Waals surface area (Å²) in [6.07, 6.45) is 3.87. The summed E-state index contributed by atoms with van der Waals surface area (Å²) in [4.78, 5) is 49.0. The number of thiocarbonyl (C=S) groups is 1. The first kappa shape index (κ1) is 26.0. The SMILES string of the molecule is COC(=O)c1ccc(/C=C2\SC(=S)N(CCCCCC(=O)Nc3ccccc3[N+](=O)[O-])C2=O)cc1. The number of hydrogen-bond donors (Lipinski definition) is 1. The van der Waals surface area contributed by atoms with Crippen molar-refractivity contribution < 1.29 is 24.0 Å². The lowest BCUT2D eigenvalue weighted by Gasteiger charge is -2.14. The number of nitro benzene ring substituents is 1. The van der Waals surface area contributed by atoms with Crippen LogP contribution in [-0.2, 0) is 14.3 Å². The molecule has 11 heteroatoms. The fraction of sp³-hybridized carbons (Fsp3) is 0.250. The Morgan fingerprint density at radius 3 is 2.54 bits per heavy atom. The first-order valence-corrected chi connectivity index (χ1v) is 12.0. The van der Waals surface area contributed by atoms with Gasteiger partial charge in [-0.25, -0.2) is 4.79 Å². The van der Waals surface area contributed by atoms with Crippen LogP contribution in [0.3, 0.4) is 0 Å². The molecule has 0 aliphatic carbocycles. The number of nitrogens with one attached hydrogen (secondary N) is 1. The van der Waals surface area contributed by atoms with Gasteiger partial charge in [0, 0.05) is 19.0 Å². The number of nitro groups is 1. The molecule has 35 heavy (non-hydrogen) atoms. The van der Waals surface area contributed by atoms with Crippen LogP contribution in [0.15, 0.2) is 53.4 Å². The van der Waals surface area contributed by atoms with E-state index in [9.17, 15) is 24.5 Å². The number of carbonyl (C=O) groups excluding carboxylic acids is 3. The molecule has 2 amide bonds. The lowest BCUT2D eigenvalue weighted by molar-refractivity contribution is -0.383. The Balaban J connectivity index is 1.45.